The summed E-state index contributed by atoms with van der Waals surface area (Å²) in [5, 5.41) is 3.84. The van der Waals surface area contributed by atoms with Crippen molar-refractivity contribution in [1.29, 1.82) is 0 Å². The minimum atomic E-state index is 0.546. The van der Waals surface area contributed by atoms with Gasteiger partial charge < -0.3 is 4.52 Å². The van der Waals surface area contributed by atoms with Crippen molar-refractivity contribution in [3.63, 3.8) is 0 Å². The van der Waals surface area contributed by atoms with Gasteiger partial charge in [0.05, 0.1) is 5.69 Å². The van der Waals surface area contributed by atoms with E-state index in [1.807, 2.05) is 26.8 Å². The summed E-state index contributed by atoms with van der Waals surface area (Å²) in [6.07, 6.45) is 2.01. The van der Waals surface area contributed by atoms with E-state index in [4.69, 9.17) is 16.1 Å². The van der Waals surface area contributed by atoms with E-state index in [-0.39, 0.29) is 0 Å². The van der Waals surface area contributed by atoms with Gasteiger partial charge in [0, 0.05) is 11.4 Å². The summed E-state index contributed by atoms with van der Waals surface area (Å²) in [6, 6.07) is 0. The zero-order chi connectivity index (χ0) is 9.14. The standard InChI is InChI=1S/C9H12ClNO/c1-6(5-10)4-9-7(2)11-12-8(9)3/h4H,5H2,1-3H3. The Morgan fingerprint density at radius 2 is 2.25 bits per heavy atom. The maximum absolute atomic E-state index is 5.65. The Balaban J connectivity index is 3.02. The van der Waals surface area contributed by atoms with Gasteiger partial charge in [-0.05, 0) is 26.8 Å². The highest BCUT2D eigenvalue weighted by molar-refractivity contribution is 6.19. The highest BCUT2D eigenvalue weighted by atomic mass is 35.5. The molecule has 1 heterocycles. The van der Waals surface area contributed by atoms with Crippen molar-refractivity contribution >= 4 is 17.7 Å². The molecular formula is C9H12ClNO. The average molecular weight is 186 g/mol. The van der Waals surface area contributed by atoms with Crippen LogP contribution in [0.1, 0.15) is 23.9 Å². The molecule has 0 aromatic carbocycles. The molecule has 0 saturated heterocycles. The van der Waals surface area contributed by atoms with Crippen molar-refractivity contribution in [1.82, 2.24) is 5.16 Å². The molecule has 0 N–H and O–H groups in total. The van der Waals surface area contributed by atoms with Crippen LogP contribution in [-0.2, 0) is 0 Å². The Bertz CT molecular complexity index is 282. The number of nitrogens with zero attached hydrogens (tertiary/aromatic N) is 1. The fourth-order valence-electron chi connectivity index (χ4n) is 0.981. The highest BCUT2D eigenvalue weighted by Crippen LogP contribution is 2.16. The second-order valence-electron chi connectivity index (χ2n) is 2.86. The van der Waals surface area contributed by atoms with Gasteiger partial charge in [-0.2, -0.15) is 0 Å². The minimum absolute atomic E-state index is 0.546. The average Bonchev–Trinajstić information content (AvgIpc) is 2.35. The summed E-state index contributed by atoms with van der Waals surface area (Å²) >= 11 is 5.65. The van der Waals surface area contributed by atoms with Gasteiger partial charge in [-0.25, -0.2) is 0 Å². The second kappa shape index (κ2) is 3.76. The maximum Gasteiger partial charge on any atom is 0.141 e. The highest BCUT2D eigenvalue weighted by Gasteiger charge is 2.05. The fraction of sp³-hybridized carbons (Fsp3) is 0.444. The number of hydrogen-bond acceptors (Lipinski definition) is 2. The summed E-state index contributed by atoms with van der Waals surface area (Å²) in [6.45, 7) is 5.80. The number of halogens is 1. The molecule has 1 rings (SSSR count). The molecular weight excluding hydrogens is 174 g/mol. The van der Waals surface area contributed by atoms with Gasteiger partial charge in [-0.15, -0.1) is 11.6 Å². The minimum Gasteiger partial charge on any atom is -0.361 e. The van der Waals surface area contributed by atoms with Crippen molar-refractivity contribution in [2.75, 3.05) is 5.88 Å². The first-order valence-corrected chi connectivity index (χ1v) is 4.34. The summed E-state index contributed by atoms with van der Waals surface area (Å²) in [5.41, 5.74) is 3.08. The van der Waals surface area contributed by atoms with Crippen molar-refractivity contribution in [3.8, 4) is 0 Å². The van der Waals surface area contributed by atoms with E-state index in [9.17, 15) is 0 Å². The molecule has 0 fully saturated rings. The van der Waals surface area contributed by atoms with Crippen molar-refractivity contribution in [2.45, 2.75) is 20.8 Å². The third kappa shape index (κ3) is 1.89. The lowest BCUT2D eigenvalue weighted by Gasteiger charge is -1.93. The monoisotopic (exact) mass is 185 g/mol. The number of allylic oxidation sites excluding steroid dienone is 1. The molecule has 0 aliphatic carbocycles. The Morgan fingerprint density at radius 3 is 2.67 bits per heavy atom. The topological polar surface area (TPSA) is 26.0 Å². The van der Waals surface area contributed by atoms with Crippen LogP contribution in [0.2, 0.25) is 0 Å². The van der Waals surface area contributed by atoms with Crippen LogP contribution in [0.25, 0.3) is 6.08 Å². The zero-order valence-electron chi connectivity index (χ0n) is 7.52. The van der Waals surface area contributed by atoms with Gasteiger partial charge >= 0.3 is 0 Å². The molecule has 1 aromatic rings. The zero-order valence-corrected chi connectivity index (χ0v) is 8.27. The molecule has 3 heteroatoms. The number of alkyl halides is 1. The van der Waals surface area contributed by atoms with Gasteiger partial charge in [0.1, 0.15) is 5.76 Å². The molecule has 66 valence electrons. The molecule has 0 amide bonds. The Hall–Kier alpha value is -0.760. The van der Waals surface area contributed by atoms with E-state index in [1.54, 1.807) is 0 Å². The predicted octanol–water partition coefficient (Wildman–Crippen LogP) is 2.93. The Morgan fingerprint density at radius 1 is 1.58 bits per heavy atom. The van der Waals surface area contributed by atoms with E-state index in [0.29, 0.717) is 5.88 Å². The van der Waals surface area contributed by atoms with Crippen molar-refractivity contribution in [3.05, 3.63) is 22.6 Å². The molecule has 0 saturated carbocycles. The van der Waals surface area contributed by atoms with Gasteiger partial charge in [0.2, 0.25) is 0 Å². The molecule has 1 aromatic heterocycles. The van der Waals surface area contributed by atoms with Crippen LogP contribution in [0, 0.1) is 13.8 Å². The normalized spacial score (nSPS) is 12.2. The van der Waals surface area contributed by atoms with Crippen LogP contribution in [0.3, 0.4) is 0 Å². The third-order valence-electron chi connectivity index (χ3n) is 1.69. The second-order valence-corrected chi connectivity index (χ2v) is 3.13. The first-order valence-electron chi connectivity index (χ1n) is 3.81. The molecule has 12 heavy (non-hydrogen) atoms. The molecule has 2 nitrogen and oxygen atoms in total. The van der Waals surface area contributed by atoms with Crippen LogP contribution in [0.4, 0.5) is 0 Å². The largest absolute Gasteiger partial charge is 0.361 e. The molecule has 0 radical (unpaired) electrons. The summed E-state index contributed by atoms with van der Waals surface area (Å²) in [4.78, 5) is 0. The van der Waals surface area contributed by atoms with Crippen LogP contribution < -0.4 is 0 Å². The van der Waals surface area contributed by atoms with Gasteiger partial charge in [-0.1, -0.05) is 10.7 Å². The van der Waals surface area contributed by atoms with Gasteiger partial charge in [0.15, 0.2) is 0 Å². The molecule has 0 unspecified atom stereocenters. The van der Waals surface area contributed by atoms with Crippen LogP contribution in [0.5, 0.6) is 0 Å². The summed E-state index contributed by atoms with van der Waals surface area (Å²) < 4.78 is 5.00. The number of aromatic nitrogens is 1. The van der Waals surface area contributed by atoms with Crippen molar-refractivity contribution < 1.29 is 4.52 Å². The Labute approximate surface area is 77.2 Å². The van der Waals surface area contributed by atoms with Crippen molar-refractivity contribution in [2.24, 2.45) is 0 Å². The summed E-state index contributed by atoms with van der Waals surface area (Å²) in [5.74, 6) is 1.39. The molecule has 0 atom stereocenters. The third-order valence-corrected chi connectivity index (χ3v) is 2.11. The lowest BCUT2D eigenvalue weighted by Crippen LogP contribution is -1.81. The van der Waals surface area contributed by atoms with Crippen LogP contribution in [0.15, 0.2) is 10.1 Å². The van der Waals surface area contributed by atoms with E-state index in [0.717, 1.165) is 22.6 Å². The number of aryl methyl sites for hydroxylation is 2. The molecule has 0 aliphatic rings. The first-order chi connectivity index (χ1) is 5.65. The van der Waals surface area contributed by atoms with E-state index in [1.165, 1.54) is 0 Å². The van der Waals surface area contributed by atoms with E-state index >= 15 is 0 Å². The van der Waals surface area contributed by atoms with Crippen LogP contribution in [-0.4, -0.2) is 11.0 Å². The molecule has 0 aliphatic heterocycles. The lowest BCUT2D eigenvalue weighted by atomic mass is 10.1. The number of rotatable bonds is 2. The summed E-state index contributed by atoms with van der Waals surface area (Å²) in [7, 11) is 0. The Kier molecular flexibility index (Phi) is 2.93. The fourth-order valence-corrected chi connectivity index (χ4v) is 1.06. The maximum atomic E-state index is 5.65. The molecule has 0 bridgehead atoms. The SMILES string of the molecule is CC(=Cc1c(C)noc1C)CCl. The predicted molar refractivity (Wildman–Crippen MR) is 50.3 cm³/mol. The van der Waals surface area contributed by atoms with Crippen LogP contribution >= 0.6 is 11.6 Å². The van der Waals surface area contributed by atoms with Gasteiger partial charge in [-0.3, -0.25) is 0 Å². The van der Waals surface area contributed by atoms with Gasteiger partial charge in [0.25, 0.3) is 0 Å². The van der Waals surface area contributed by atoms with E-state index < -0.39 is 0 Å². The first kappa shape index (κ1) is 9.33. The molecule has 0 spiro atoms. The quantitative estimate of drug-likeness (QED) is 0.663. The lowest BCUT2D eigenvalue weighted by molar-refractivity contribution is 0.393. The number of hydrogen-bond donors (Lipinski definition) is 0. The van der Waals surface area contributed by atoms with E-state index in [2.05, 4.69) is 5.16 Å². The smallest absolute Gasteiger partial charge is 0.141 e.